The lowest BCUT2D eigenvalue weighted by Crippen LogP contribution is -2.07. The van der Waals surface area contributed by atoms with E-state index in [-0.39, 0.29) is 5.82 Å². The van der Waals surface area contributed by atoms with Gasteiger partial charge in [-0.3, -0.25) is 14.5 Å². The van der Waals surface area contributed by atoms with E-state index in [1.165, 1.54) is 12.1 Å². The molecule has 0 fully saturated rings. The van der Waals surface area contributed by atoms with E-state index in [0.29, 0.717) is 6.54 Å². The zero-order chi connectivity index (χ0) is 17.5. The van der Waals surface area contributed by atoms with Crippen molar-refractivity contribution in [3.63, 3.8) is 0 Å². The molecular formula is C20H14FN5. The molecule has 0 saturated carbocycles. The Morgan fingerprint density at radius 3 is 2.81 bits per heavy atom. The topological polar surface area (TPSA) is 55.1 Å². The van der Waals surface area contributed by atoms with E-state index in [9.17, 15) is 4.39 Å². The van der Waals surface area contributed by atoms with E-state index in [4.69, 9.17) is 4.98 Å². The third kappa shape index (κ3) is 2.35. The molecule has 2 aromatic carbocycles. The Labute approximate surface area is 148 Å². The van der Waals surface area contributed by atoms with Crippen LogP contribution in [0.25, 0.3) is 28.1 Å². The summed E-state index contributed by atoms with van der Waals surface area (Å²) in [7, 11) is 0. The van der Waals surface area contributed by atoms with Crippen molar-refractivity contribution >= 4 is 28.6 Å². The molecule has 4 aromatic rings. The fourth-order valence-corrected chi connectivity index (χ4v) is 3.20. The predicted octanol–water partition coefficient (Wildman–Crippen LogP) is 4.35. The highest BCUT2D eigenvalue weighted by Gasteiger charge is 2.16. The molecule has 1 aliphatic rings. The normalized spacial score (nSPS) is 12.8. The molecule has 0 radical (unpaired) electrons. The Balaban J connectivity index is 1.76. The minimum Gasteiger partial charge on any atom is -0.378 e. The van der Waals surface area contributed by atoms with Crippen LogP contribution in [0.5, 0.6) is 0 Å². The molecule has 6 heteroatoms. The van der Waals surface area contributed by atoms with Gasteiger partial charge in [-0.05, 0) is 48.5 Å². The summed E-state index contributed by atoms with van der Waals surface area (Å²) in [6.07, 6.45) is 5.34. The van der Waals surface area contributed by atoms with Crippen molar-refractivity contribution in [2.24, 2.45) is 4.99 Å². The van der Waals surface area contributed by atoms with Crippen molar-refractivity contribution in [3.05, 3.63) is 66.7 Å². The average molecular weight is 343 g/mol. The monoisotopic (exact) mass is 343 g/mol. The molecular weight excluding hydrogens is 329 g/mol. The van der Waals surface area contributed by atoms with E-state index in [0.717, 1.165) is 39.5 Å². The first-order valence-electron chi connectivity index (χ1n) is 8.29. The summed E-state index contributed by atoms with van der Waals surface area (Å²) in [5.41, 5.74) is 5.38. The number of rotatable bonds is 2. The third-order valence-electron chi connectivity index (χ3n) is 4.41. The number of fused-ring (bicyclic) bond motifs is 2. The van der Waals surface area contributed by atoms with Crippen LogP contribution in [0.1, 0.15) is 0 Å². The molecule has 0 amide bonds. The molecule has 126 valence electrons. The fourth-order valence-electron chi connectivity index (χ4n) is 3.20. The van der Waals surface area contributed by atoms with Crippen LogP contribution in [0.2, 0.25) is 0 Å². The van der Waals surface area contributed by atoms with Gasteiger partial charge in [-0.2, -0.15) is 0 Å². The SMILES string of the molecule is Fc1ccc(-n2c(-c3ccc4c(c3)NCC=N4)nc3ccncc32)cc1. The number of imidazole rings is 1. The van der Waals surface area contributed by atoms with Crippen LogP contribution in [-0.4, -0.2) is 27.3 Å². The van der Waals surface area contributed by atoms with Gasteiger partial charge in [-0.15, -0.1) is 0 Å². The van der Waals surface area contributed by atoms with Crippen molar-refractivity contribution in [2.45, 2.75) is 0 Å². The van der Waals surface area contributed by atoms with Crippen LogP contribution < -0.4 is 5.32 Å². The first-order valence-corrected chi connectivity index (χ1v) is 8.29. The molecule has 5 nitrogen and oxygen atoms in total. The second-order valence-corrected chi connectivity index (χ2v) is 6.04. The molecule has 0 bridgehead atoms. The Bertz CT molecular complexity index is 1140. The Kier molecular flexibility index (Phi) is 3.28. The van der Waals surface area contributed by atoms with E-state index in [2.05, 4.69) is 15.3 Å². The molecule has 1 aliphatic heterocycles. The van der Waals surface area contributed by atoms with E-state index in [1.807, 2.05) is 35.0 Å². The molecule has 0 aliphatic carbocycles. The van der Waals surface area contributed by atoms with Crippen LogP contribution in [0, 0.1) is 5.82 Å². The first kappa shape index (κ1) is 14.8. The van der Waals surface area contributed by atoms with Gasteiger partial charge in [0.05, 0.1) is 35.1 Å². The minimum absolute atomic E-state index is 0.270. The number of hydrogen-bond donors (Lipinski definition) is 1. The summed E-state index contributed by atoms with van der Waals surface area (Å²) in [5.74, 6) is 0.507. The van der Waals surface area contributed by atoms with Crippen molar-refractivity contribution in [1.29, 1.82) is 0 Å². The van der Waals surface area contributed by atoms with Crippen LogP contribution >= 0.6 is 0 Å². The Morgan fingerprint density at radius 1 is 1.04 bits per heavy atom. The predicted molar refractivity (Wildman–Crippen MR) is 101 cm³/mol. The number of aromatic nitrogens is 3. The largest absolute Gasteiger partial charge is 0.378 e. The standard InChI is InChI=1S/C20H14FN5/c21-14-2-4-15(5-3-14)26-19-12-22-8-7-17(19)25-20(26)13-1-6-16-18(11-13)24-10-9-23-16/h1-9,11-12,24H,10H2. The number of benzene rings is 2. The minimum atomic E-state index is -0.270. The van der Waals surface area contributed by atoms with Gasteiger partial charge in [0.1, 0.15) is 11.6 Å². The zero-order valence-electron chi connectivity index (χ0n) is 13.7. The third-order valence-corrected chi connectivity index (χ3v) is 4.41. The fraction of sp³-hybridized carbons (Fsp3) is 0.0500. The van der Waals surface area contributed by atoms with Gasteiger partial charge in [0, 0.05) is 23.7 Å². The first-order chi connectivity index (χ1) is 12.8. The van der Waals surface area contributed by atoms with Gasteiger partial charge < -0.3 is 5.32 Å². The molecule has 0 atom stereocenters. The maximum atomic E-state index is 13.4. The van der Waals surface area contributed by atoms with Crippen molar-refractivity contribution in [3.8, 4) is 17.1 Å². The Hall–Kier alpha value is -3.54. The summed E-state index contributed by atoms with van der Waals surface area (Å²) in [6, 6.07) is 14.3. The number of hydrogen-bond acceptors (Lipinski definition) is 4. The highest BCUT2D eigenvalue weighted by atomic mass is 19.1. The lowest BCUT2D eigenvalue weighted by molar-refractivity contribution is 0.627. The van der Waals surface area contributed by atoms with Crippen LogP contribution in [0.4, 0.5) is 15.8 Å². The lowest BCUT2D eigenvalue weighted by Gasteiger charge is -2.14. The van der Waals surface area contributed by atoms with Gasteiger partial charge in [-0.25, -0.2) is 9.37 Å². The maximum Gasteiger partial charge on any atom is 0.145 e. The summed E-state index contributed by atoms with van der Waals surface area (Å²) in [6.45, 7) is 0.703. The highest BCUT2D eigenvalue weighted by molar-refractivity contribution is 5.86. The number of pyridine rings is 1. The van der Waals surface area contributed by atoms with Gasteiger partial charge in [0.25, 0.3) is 0 Å². The second kappa shape index (κ2) is 5.77. The highest BCUT2D eigenvalue weighted by Crippen LogP contribution is 2.34. The second-order valence-electron chi connectivity index (χ2n) is 6.04. The van der Waals surface area contributed by atoms with Crippen molar-refractivity contribution in [1.82, 2.24) is 14.5 Å². The summed E-state index contributed by atoms with van der Waals surface area (Å²) in [4.78, 5) is 13.4. The van der Waals surface area contributed by atoms with E-state index in [1.54, 1.807) is 24.5 Å². The van der Waals surface area contributed by atoms with E-state index < -0.39 is 0 Å². The van der Waals surface area contributed by atoms with Gasteiger partial charge in [0.15, 0.2) is 0 Å². The van der Waals surface area contributed by atoms with Gasteiger partial charge in [-0.1, -0.05) is 0 Å². The molecule has 3 heterocycles. The molecule has 5 rings (SSSR count). The Morgan fingerprint density at radius 2 is 1.92 bits per heavy atom. The quantitative estimate of drug-likeness (QED) is 0.588. The summed E-state index contributed by atoms with van der Waals surface area (Å²) in [5, 5.41) is 3.32. The average Bonchev–Trinajstić information content (AvgIpc) is 3.08. The van der Waals surface area contributed by atoms with Crippen LogP contribution in [0.3, 0.4) is 0 Å². The van der Waals surface area contributed by atoms with E-state index >= 15 is 0 Å². The molecule has 26 heavy (non-hydrogen) atoms. The molecule has 0 saturated heterocycles. The maximum absolute atomic E-state index is 13.4. The number of nitrogens with one attached hydrogen (secondary N) is 1. The number of anilines is 1. The van der Waals surface area contributed by atoms with Crippen molar-refractivity contribution in [2.75, 3.05) is 11.9 Å². The molecule has 0 unspecified atom stereocenters. The van der Waals surface area contributed by atoms with Crippen LogP contribution in [0.15, 0.2) is 65.9 Å². The lowest BCUT2D eigenvalue weighted by atomic mass is 10.1. The van der Waals surface area contributed by atoms with Gasteiger partial charge in [0.2, 0.25) is 0 Å². The number of aliphatic imine (C=N–C) groups is 1. The summed E-state index contributed by atoms with van der Waals surface area (Å²) >= 11 is 0. The molecule has 0 spiro atoms. The van der Waals surface area contributed by atoms with Crippen LogP contribution in [-0.2, 0) is 0 Å². The van der Waals surface area contributed by atoms with Gasteiger partial charge >= 0.3 is 0 Å². The number of nitrogens with zero attached hydrogens (tertiary/aromatic N) is 4. The smallest absolute Gasteiger partial charge is 0.145 e. The zero-order valence-corrected chi connectivity index (χ0v) is 13.7. The summed E-state index contributed by atoms with van der Waals surface area (Å²) < 4.78 is 15.4. The molecule has 1 N–H and O–H groups in total. The van der Waals surface area contributed by atoms with Crippen molar-refractivity contribution < 1.29 is 4.39 Å². The molecule has 2 aromatic heterocycles. The number of halogens is 1.